The maximum atomic E-state index is 13.3. The highest BCUT2D eigenvalue weighted by Crippen LogP contribution is 2.05. The van der Waals surface area contributed by atoms with Gasteiger partial charge in [0.05, 0.1) is 6.04 Å². The van der Waals surface area contributed by atoms with Crippen molar-refractivity contribution in [2.75, 3.05) is 13.7 Å². The van der Waals surface area contributed by atoms with Gasteiger partial charge >= 0.3 is 0 Å². The number of rotatable bonds is 7. The molecule has 1 aromatic rings. The van der Waals surface area contributed by atoms with Crippen LogP contribution in [0.2, 0.25) is 0 Å². The Kier molecular flexibility index (Phi) is 6.32. The van der Waals surface area contributed by atoms with Gasteiger partial charge < -0.3 is 15.8 Å². The zero-order valence-electron chi connectivity index (χ0n) is 10.5. The standard InChI is InChI=1S/C13H19FN2O2/c1-18-8-4-7-12(15)13(17)16-9-10-5-2-3-6-11(10)14/h2-3,5-6,12H,4,7-9,15H2,1H3,(H,16,17). The van der Waals surface area contributed by atoms with Gasteiger partial charge in [-0.05, 0) is 18.9 Å². The molecule has 4 nitrogen and oxygen atoms in total. The Labute approximate surface area is 106 Å². The largest absolute Gasteiger partial charge is 0.385 e. The average molecular weight is 254 g/mol. The number of benzene rings is 1. The number of carbonyl (C=O) groups is 1. The van der Waals surface area contributed by atoms with Crippen molar-refractivity contribution in [3.05, 3.63) is 35.6 Å². The summed E-state index contributed by atoms with van der Waals surface area (Å²) in [5.74, 6) is -0.597. The van der Waals surface area contributed by atoms with E-state index >= 15 is 0 Å². The van der Waals surface area contributed by atoms with E-state index in [0.717, 1.165) is 6.42 Å². The van der Waals surface area contributed by atoms with E-state index in [2.05, 4.69) is 5.32 Å². The molecule has 0 heterocycles. The monoisotopic (exact) mass is 254 g/mol. The van der Waals surface area contributed by atoms with Crippen molar-refractivity contribution in [1.82, 2.24) is 5.32 Å². The smallest absolute Gasteiger partial charge is 0.237 e. The highest BCUT2D eigenvalue weighted by molar-refractivity contribution is 5.81. The molecule has 0 aliphatic rings. The van der Waals surface area contributed by atoms with Gasteiger partial charge in [0.25, 0.3) is 0 Å². The van der Waals surface area contributed by atoms with E-state index in [1.807, 2.05) is 0 Å². The second kappa shape index (κ2) is 7.79. The fourth-order valence-corrected chi connectivity index (χ4v) is 1.53. The molecule has 0 radical (unpaired) electrons. The van der Waals surface area contributed by atoms with E-state index in [1.165, 1.54) is 6.07 Å². The molecule has 0 aliphatic carbocycles. The molecular formula is C13H19FN2O2. The molecule has 1 unspecified atom stereocenters. The summed E-state index contributed by atoms with van der Waals surface area (Å²) in [5.41, 5.74) is 6.15. The van der Waals surface area contributed by atoms with Crippen molar-refractivity contribution in [2.24, 2.45) is 5.73 Å². The second-order valence-corrected chi connectivity index (χ2v) is 4.05. The van der Waals surface area contributed by atoms with E-state index in [0.29, 0.717) is 18.6 Å². The Morgan fingerprint density at radius 2 is 2.22 bits per heavy atom. The summed E-state index contributed by atoms with van der Waals surface area (Å²) in [4.78, 5) is 11.6. The predicted octanol–water partition coefficient (Wildman–Crippen LogP) is 1.20. The summed E-state index contributed by atoms with van der Waals surface area (Å²) in [6.07, 6.45) is 1.28. The Bertz CT molecular complexity index is 385. The van der Waals surface area contributed by atoms with Gasteiger partial charge in [-0.1, -0.05) is 18.2 Å². The molecule has 18 heavy (non-hydrogen) atoms. The summed E-state index contributed by atoms with van der Waals surface area (Å²) in [6.45, 7) is 0.734. The molecule has 0 fully saturated rings. The first-order valence-electron chi connectivity index (χ1n) is 5.90. The van der Waals surface area contributed by atoms with Gasteiger partial charge in [0.2, 0.25) is 5.91 Å². The fraction of sp³-hybridized carbons (Fsp3) is 0.462. The Morgan fingerprint density at radius 3 is 2.89 bits per heavy atom. The summed E-state index contributed by atoms with van der Waals surface area (Å²) < 4.78 is 18.2. The van der Waals surface area contributed by atoms with Crippen molar-refractivity contribution in [3.63, 3.8) is 0 Å². The minimum absolute atomic E-state index is 0.156. The van der Waals surface area contributed by atoms with Gasteiger partial charge in [-0.2, -0.15) is 0 Å². The summed E-state index contributed by atoms with van der Waals surface area (Å²) >= 11 is 0. The topological polar surface area (TPSA) is 64.3 Å². The first-order chi connectivity index (χ1) is 8.65. The number of halogens is 1. The van der Waals surface area contributed by atoms with E-state index in [1.54, 1.807) is 25.3 Å². The van der Waals surface area contributed by atoms with E-state index in [4.69, 9.17) is 10.5 Å². The predicted molar refractivity (Wildman–Crippen MR) is 67.3 cm³/mol. The number of nitrogens with one attached hydrogen (secondary N) is 1. The highest BCUT2D eigenvalue weighted by Gasteiger charge is 2.13. The van der Waals surface area contributed by atoms with Crippen LogP contribution in [0.1, 0.15) is 18.4 Å². The number of nitrogens with two attached hydrogens (primary N) is 1. The number of ether oxygens (including phenoxy) is 1. The van der Waals surface area contributed by atoms with E-state index in [9.17, 15) is 9.18 Å². The normalized spacial score (nSPS) is 12.2. The SMILES string of the molecule is COCCCC(N)C(=O)NCc1ccccc1F. The van der Waals surface area contributed by atoms with Gasteiger partial charge in [-0.15, -0.1) is 0 Å². The summed E-state index contributed by atoms with van der Waals surface area (Å²) in [5, 5.41) is 2.62. The van der Waals surface area contributed by atoms with Gasteiger partial charge in [-0.3, -0.25) is 4.79 Å². The maximum absolute atomic E-state index is 13.3. The Hall–Kier alpha value is -1.46. The molecule has 1 aromatic carbocycles. The van der Waals surface area contributed by atoms with Gasteiger partial charge in [0, 0.05) is 25.8 Å². The molecule has 1 amide bonds. The first-order valence-corrected chi connectivity index (χ1v) is 5.90. The number of methoxy groups -OCH3 is 1. The quantitative estimate of drug-likeness (QED) is 0.718. The van der Waals surface area contributed by atoms with Crippen LogP contribution in [0.3, 0.4) is 0 Å². The molecular weight excluding hydrogens is 235 g/mol. The molecule has 100 valence electrons. The van der Waals surface area contributed by atoms with E-state index in [-0.39, 0.29) is 18.3 Å². The van der Waals surface area contributed by atoms with Crippen LogP contribution in [0, 0.1) is 5.82 Å². The number of amides is 1. The maximum Gasteiger partial charge on any atom is 0.237 e. The molecule has 0 saturated heterocycles. The lowest BCUT2D eigenvalue weighted by Crippen LogP contribution is -2.40. The van der Waals surface area contributed by atoms with Gasteiger partial charge in [0.15, 0.2) is 0 Å². The van der Waals surface area contributed by atoms with Crippen molar-refractivity contribution in [1.29, 1.82) is 0 Å². The van der Waals surface area contributed by atoms with Crippen LogP contribution < -0.4 is 11.1 Å². The molecule has 5 heteroatoms. The molecule has 0 aromatic heterocycles. The van der Waals surface area contributed by atoms with Crippen molar-refractivity contribution in [3.8, 4) is 0 Å². The van der Waals surface area contributed by atoms with Crippen LogP contribution in [0.15, 0.2) is 24.3 Å². The highest BCUT2D eigenvalue weighted by atomic mass is 19.1. The first kappa shape index (κ1) is 14.6. The minimum atomic E-state index is -0.577. The van der Waals surface area contributed by atoms with Crippen LogP contribution >= 0.6 is 0 Å². The van der Waals surface area contributed by atoms with E-state index < -0.39 is 6.04 Å². The molecule has 1 atom stereocenters. The molecule has 3 N–H and O–H groups in total. The third-order valence-corrected chi connectivity index (χ3v) is 2.61. The minimum Gasteiger partial charge on any atom is -0.385 e. The average Bonchev–Trinajstić information content (AvgIpc) is 2.37. The molecule has 1 rings (SSSR count). The third kappa shape index (κ3) is 4.81. The molecule has 0 saturated carbocycles. The van der Waals surface area contributed by atoms with Crippen molar-refractivity contribution >= 4 is 5.91 Å². The van der Waals surface area contributed by atoms with Crippen LogP contribution in [-0.2, 0) is 16.1 Å². The summed E-state index contributed by atoms with van der Waals surface area (Å²) in [7, 11) is 1.60. The van der Waals surface area contributed by atoms with Crippen LogP contribution in [-0.4, -0.2) is 25.7 Å². The van der Waals surface area contributed by atoms with Crippen molar-refractivity contribution in [2.45, 2.75) is 25.4 Å². The molecule has 0 bridgehead atoms. The van der Waals surface area contributed by atoms with Gasteiger partial charge in [0.1, 0.15) is 5.82 Å². The summed E-state index contributed by atoms with van der Waals surface area (Å²) in [6, 6.07) is 5.75. The Balaban J connectivity index is 2.34. The second-order valence-electron chi connectivity index (χ2n) is 4.05. The zero-order valence-corrected chi connectivity index (χ0v) is 10.5. The number of hydrogen-bond donors (Lipinski definition) is 2. The molecule has 0 aliphatic heterocycles. The number of hydrogen-bond acceptors (Lipinski definition) is 3. The van der Waals surface area contributed by atoms with Gasteiger partial charge in [-0.25, -0.2) is 4.39 Å². The van der Waals surface area contributed by atoms with Crippen LogP contribution in [0.4, 0.5) is 4.39 Å². The number of carbonyl (C=O) groups excluding carboxylic acids is 1. The lowest BCUT2D eigenvalue weighted by molar-refractivity contribution is -0.122. The third-order valence-electron chi connectivity index (χ3n) is 2.61. The van der Waals surface area contributed by atoms with Crippen molar-refractivity contribution < 1.29 is 13.9 Å². The Morgan fingerprint density at radius 1 is 1.50 bits per heavy atom. The lowest BCUT2D eigenvalue weighted by Gasteiger charge is -2.12. The zero-order chi connectivity index (χ0) is 13.4. The molecule has 0 spiro atoms. The fourth-order valence-electron chi connectivity index (χ4n) is 1.53. The van der Waals surface area contributed by atoms with Crippen LogP contribution in [0.5, 0.6) is 0 Å². The van der Waals surface area contributed by atoms with Crippen LogP contribution in [0.25, 0.3) is 0 Å². The lowest BCUT2D eigenvalue weighted by atomic mass is 10.1.